The lowest BCUT2D eigenvalue weighted by Gasteiger charge is -2.32. The van der Waals surface area contributed by atoms with Crippen LogP contribution in [0.1, 0.15) is 32.1 Å². The first kappa shape index (κ1) is 11.5. The summed E-state index contributed by atoms with van der Waals surface area (Å²) in [4.78, 5) is 16.9. The van der Waals surface area contributed by atoms with Crippen molar-refractivity contribution in [2.75, 3.05) is 32.8 Å². The summed E-state index contributed by atoms with van der Waals surface area (Å²) in [5.74, 6) is 0.378. The summed E-state index contributed by atoms with van der Waals surface area (Å²) in [7, 11) is 0. The molecular formula is C13H22N2O2. The third kappa shape index (κ3) is 2.63. The quantitative estimate of drug-likeness (QED) is 0.684. The van der Waals surface area contributed by atoms with Gasteiger partial charge < -0.3 is 9.64 Å². The fourth-order valence-electron chi connectivity index (χ4n) is 3.08. The predicted octanol–water partition coefficient (Wildman–Crippen LogP) is 0.862. The number of hydrogen-bond donors (Lipinski definition) is 0. The molecule has 1 amide bonds. The van der Waals surface area contributed by atoms with Crippen LogP contribution in [0.3, 0.4) is 0 Å². The Balaban J connectivity index is 1.58. The van der Waals surface area contributed by atoms with Crippen LogP contribution in [0, 0.1) is 0 Å². The standard InChI is InChI=1S/C13H22N2O2/c16-13(14-6-2-1-3-7-14)12-5-4-8-15(12)9-11-10-17-11/h11-12H,1-10H2/t11-,12+/m0/s1. The minimum atomic E-state index is 0.150. The first-order chi connectivity index (χ1) is 8.34. The Bertz CT molecular complexity index is 285. The van der Waals surface area contributed by atoms with Crippen molar-refractivity contribution in [2.45, 2.75) is 44.2 Å². The van der Waals surface area contributed by atoms with E-state index in [0.29, 0.717) is 12.0 Å². The van der Waals surface area contributed by atoms with Crippen LogP contribution in [0.4, 0.5) is 0 Å². The van der Waals surface area contributed by atoms with Crippen molar-refractivity contribution in [3.05, 3.63) is 0 Å². The van der Waals surface area contributed by atoms with Gasteiger partial charge in [-0.3, -0.25) is 9.69 Å². The maximum absolute atomic E-state index is 12.5. The van der Waals surface area contributed by atoms with Gasteiger partial charge in [0.1, 0.15) is 0 Å². The molecule has 3 aliphatic heterocycles. The third-order valence-corrected chi connectivity index (χ3v) is 4.16. The summed E-state index contributed by atoms with van der Waals surface area (Å²) < 4.78 is 5.28. The van der Waals surface area contributed by atoms with E-state index in [4.69, 9.17) is 4.74 Å². The van der Waals surface area contributed by atoms with E-state index in [9.17, 15) is 4.79 Å². The molecule has 3 fully saturated rings. The van der Waals surface area contributed by atoms with Gasteiger partial charge in [-0.05, 0) is 38.6 Å². The van der Waals surface area contributed by atoms with Gasteiger partial charge in [-0.25, -0.2) is 0 Å². The lowest BCUT2D eigenvalue weighted by Crippen LogP contribution is -2.48. The van der Waals surface area contributed by atoms with Gasteiger partial charge in [0.25, 0.3) is 0 Å². The fourth-order valence-corrected chi connectivity index (χ4v) is 3.08. The monoisotopic (exact) mass is 238 g/mol. The minimum Gasteiger partial charge on any atom is -0.372 e. The molecule has 2 atom stereocenters. The Morgan fingerprint density at radius 1 is 1.12 bits per heavy atom. The van der Waals surface area contributed by atoms with Crippen molar-refractivity contribution in [1.29, 1.82) is 0 Å². The molecule has 0 unspecified atom stereocenters. The van der Waals surface area contributed by atoms with Gasteiger partial charge in [0.15, 0.2) is 0 Å². The number of nitrogens with zero attached hydrogens (tertiary/aromatic N) is 2. The van der Waals surface area contributed by atoms with Gasteiger partial charge in [0.2, 0.25) is 5.91 Å². The molecule has 0 aromatic rings. The molecule has 0 saturated carbocycles. The Hall–Kier alpha value is -0.610. The van der Waals surface area contributed by atoms with Crippen molar-refractivity contribution in [3.8, 4) is 0 Å². The number of amides is 1. The molecule has 0 spiro atoms. The molecule has 0 aromatic heterocycles. The van der Waals surface area contributed by atoms with Crippen LogP contribution in [0.5, 0.6) is 0 Å². The molecular weight excluding hydrogens is 216 g/mol. The van der Waals surface area contributed by atoms with E-state index in [1.165, 1.54) is 19.3 Å². The molecule has 3 aliphatic rings. The molecule has 0 N–H and O–H groups in total. The molecule has 3 heterocycles. The van der Waals surface area contributed by atoms with E-state index in [1.54, 1.807) is 0 Å². The summed E-state index contributed by atoms with van der Waals surface area (Å²) in [5.41, 5.74) is 0. The van der Waals surface area contributed by atoms with Crippen molar-refractivity contribution in [2.24, 2.45) is 0 Å². The van der Waals surface area contributed by atoms with E-state index in [1.807, 2.05) is 0 Å². The zero-order valence-corrected chi connectivity index (χ0v) is 10.4. The van der Waals surface area contributed by atoms with Crippen molar-refractivity contribution in [1.82, 2.24) is 9.80 Å². The summed E-state index contributed by atoms with van der Waals surface area (Å²) >= 11 is 0. The Labute approximate surface area is 103 Å². The molecule has 3 saturated heterocycles. The second kappa shape index (κ2) is 4.94. The topological polar surface area (TPSA) is 36.1 Å². The second-order valence-corrected chi connectivity index (χ2v) is 5.49. The molecule has 17 heavy (non-hydrogen) atoms. The first-order valence-corrected chi connectivity index (χ1v) is 6.99. The zero-order chi connectivity index (χ0) is 11.7. The summed E-state index contributed by atoms with van der Waals surface area (Å²) in [5, 5.41) is 0. The number of epoxide rings is 1. The fraction of sp³-hybridized carbons (Fsp3) is 0.923. The number of rotatable bonds is 3. The minimum absolute atomic E-state index is 0.150. The molecule has 0 aromatic carbocycles. The highest BCUT2D eigenvalue weighted by molar-refractivity contribution is 5.82. The van der Waals surface area contributed by atoms with Gasteiger partial charge in [-0.1, -0.05) is 0 Å². The Morgan fingerprint density at radius 3 is 2.59 bits per heavy atom. The van der Waals surface area contributed by atoms with Crippen LogP contribution in [-0.4, -0.2) is 60.6 Å². The van der Waals surface area contributed by atoms with Crippen LogP contribution in [0.15, 0.2) is 0 Å². The number of ether oxygens (including phenoxy) is 1. The lowest BCUT2D eigenvalue weighted by molar-refractivity contribution is -0.136. The van der Waals surface area contributed by atoms with Crippen LogP contribution in [-0.2, 0) is 9.53 Å². The lowest BCUT2D eigenvalue weighted by atomic mass is 10.1. The molecule has 96 valence electrons. The number of carbonyl (C=O) groups excluding carboxylic acids is 1. The molecule has 3 rings (SSSR count). The molecule has 4 nitrogen and oxygen atoms in total. The summed E-state index contributed by atoms with van der Waals surface area (Å²) in [6.45, 7) is 4.88. The Morgan fingerprint density at radius 2 is 1.88 bits per heavy atom. The van der Waals surface area contributed by atoms with E-state index in [0.717, 1.165) is 45.6 Å². The first-order valence-electron chi connectivity index (χ1n) is 6.99. The Kier molecular flexibility index (Phi) is 3.34. The van der Waals surface area contributed by atoms with Gasteiger partial charge in [0, 0.05) is 19.6 Å². The van der Waals surface area contributed by atoms with Gasteiger partial charge in [-0.2, -0.15) is 0 Å². The number of likely N-dealkylation sites (tertiary alicyclic amines) is 2. The number of hydrogen-bond acceptors (Lipinski definition) is 3. The van der Waals surface area contributed by atoms with Crippen LogP contribution < -0.4 is 0 Å². The highest BCUT2D eigenvalue weighted by atomic mass is 16.6. The van der Waals surface area contributed by atoms with Crippen LogP contribution >= 0.6 is 0 Å². The van der Waals surface area contributed by atoms with E-state index in [2.05, 4.69) is 9.80 Å². The molecule has 4 heteroatoms. The van der Waals surface area contributed by atoms with Crippen molar-refractivity contribution in [3.63, 3.8) is 0 Å². The molecule has 0 bridgehead atoms. The van der Waals surface area contributed by atoms with E-state index < -0.39 is 0 Å². The maximum Gasteiger partial charge on any atom is 0.239 e. The average Bonchev–Trinajstić information content (AvgIpc) is 3.06. The summed E-state index contributed by atoms with van der Waals surface area (Å²) in [6.07, 6.45) is 6.27. The third-order valence-electron chi connectivity index (χ3n) is 4.16. The zero-order valence-electron chi connectivity index (χ0n) is 10.4. The van der Waals surface area contributed by atoms with Crippen LogP contribution in [0.2, 0.25) is 0 Å². The van der Waals surface area contributed by atoms with Crippen LogP contribution in [0.25, 0.3) is 0 Å². The summed E-state index contributed by atoms with van der Waals surface area (Å²) in [6, 6.07) is 0.150. The maximum atomic E-state index is 12.5. The highest BCUT2D eigenvalue weighted by Crippen LogP contribution is 2.23. The SMILES string of the molecule is O=C([C@H]1CCCN1C[C@H]1CO1)N1CCCCC1. The normalized spacial score (nSPS) is 34.0. The largest absolute Gasteiger partial charge is 0.372 e. The van der Waals surface area contributed by atoms with Gasteiger partial charge >= 0.3 is 0 Å². The van der Waals surface area contributed by atoms with E-state index in [-0.39, 0.29) is 6.04 Å². The predicted molar refractivity (Wildman–Crippen MR) is 64.8 cm³/mol. The van der Waals surface area contributed by atoms with Gasteiger partial charge in [0.05, 0.1) is 18.8 Å². The van der Waals surface area contributed by atoms with E-state index >= 15 is 0 Å². The molecule has 0 radical (unpaired) electrons. The molecule has 0 aliphatic carbocycles. The smallest absolute Gasteiger partial charge is 0.239 e. The average molecular weight is 238 g/mol. The number of piperidine rings is 1. The second-order valence-electron chi connectivity index (χ2n) is 5.49. The number of carbonyl (C=O) groups is 1. The van der Waals surface area contributed by atoms with Crippen molar-refractivity contribution < 1.29 is 9.53 Å². The van der Waals surface area contributed by atoms with Gasteiger partial charge in [-0.15, -0.1) is 0 Å². The highest BCUT2D eigenvalue weighted by Gasteiger charge is 2.37. The van der Waals surface area contributed by atoms with Crippen molar-refractivity contribution >= 4 is 5.91 Å².